The lowest BCUT2D eigenvalue weighted by Crippen LogP contribution is -2.53. The molecule has 2 heterocycles. The van der Waals surface area contributed by atoms with E-state index in [1.54, 1.807) is 31.5 Å². The van der Waals surface area contributed by atoms with Gasteiger partial charge in [-0.25, -0.2) is 0 Å². The highest BCUT2D eigenvalue weighted by Crippen LogP contribution is 2.51. The van der Waals surface area contributed by atoms with Crippen LogP contribution in [0.1, 0.15) is 37.0 Å². The van der Waals surface area contributed by atoms with Gasteiger partial charge in [0.05, 0.1) is 13.0 Å². The molecule has 0 amide bonds. The van der Waals surface area contributed by atoms with E-state index in [-0.39, 0.29) is 25.4 Å². The predicted octanol–water partition coefficient (Wildman–Crippen LogP) is 6.77. The molecule has 1 aliphatic rings. The summed E-state index contributed by atoms with van der Waals surface area (Å²) in [6, 6.07) is 15.5. The number of pyridine rings is 1. The number of aromatic nitrogens is 1. The van der Waals surface area contributed by atoms with Crippen LogP contribution in [0.15, 0.2) is 73.1 Å². The smallest absolute Gasteiger partial charge is 0.406 e. The number of halogens is 6. The molecule has 4 rings (SSSR count). The van der Waals surface area contributed by atoms with Crippen LogP contribution in [0.25, 0.3) is 11.1 Å². The minimum atomic E-state index is -5.50. The summed E-state index contributed by atoms with van der Waals surface area (Å²) in [5.74, 6) is -0.260. The van der Waals surface area contributed by atoms with E-state index >= 15 is 0 Å². The first-order valence-corrected chi connectivity index (χ1v) is 13.7. The average Bonchev–Trinajstić information content (AvgIpc) is 2.94. The molecule has 11 heteroatoms. The normalized spacial score (nSPS) is 17.3. The van der Waals surface area contributed by atoms with Crippen molar-refractivity contribution < 1.29 is 35.9 Å². The Morgan fingerprint density at radius 2 is 1.38 bits per heavy atom. The van der Waals surface area contributed by atoms with E-state index in [1.807, 2.05) is 24.3 Å². The summed E-state index contributed by atoms with van der Waals surface area (Å²) in [6.45, 7) is 5.77. The molecule has 0 bridgehead atoms. The number of nitrogens with zero attached hydrogens (tertiary/aromatic N) is 3. The number of esters is 1. The van der Waals surface area contributed by atoms with Crippen molar-refractivity contribution in [2.24, 2.45) is 0 Å². The van der Waals surface area contributed by atoms with Crippen molar-refractivity contribution in [3.05, 3.63) is 89.7 Å². The number of rotatable bonds is 9. The molecule has 42 heavy (non-hydrogen) atoms. The Labute approximate surface area is 241 Å². The van der Waals surface area contributed by atoms with Crippen molar-refractivity contribution in [2.75, 3.05) is 26.2 Å². The molecule has 0 radical (unpaired) electrons. The van der Waals surface area contributed by atoms with Crippen molar-refractivity contribution in [1.29, 1.82) is 0 Å². The van der Waals surface area contributed by atoms with E-state index in [1.165, 1.54) is 12.1 Å². The summed E-state index contributed by atoms with van der Waals surface area (Å²) in [4.78, 5) is 21.0. The second-order valence-electron chi connectivity index (χ2n) is 10.6. The third-order valence-corrected chi connectivity index (χ3v) is 7.82. The van der Waals surface area contributed by atoms with Gasteiger partial charge in [0.25, 0.3) is 0 Å². The molecule has 0 N–H and O–H groups in total. The zero-order valence-electron chi connectivity index (χ0n) is 23.4. The molecule has 2 aromatic carbocycles. The molecule has 1 aliphatic heterocycles. The van der Waals surface area contributed by atoms with Crippen LogP contribution in [0.2, 0.25) is 0 Å². The fourth-order valence-corrected chi connectivity index (χ4v) is 5.18. The fraction of sp³-hybridized carbons (Fsp3) is 0.419. The Kier molecular flexibility index (Phi) is 9.62. The van der Waals surface area contributed by atoms with E-state index in [2.05, 4.69) is 14.8 Å². The van der Waals surface area contributed by atoms with Crippen molar-refractivity contribution in [3.63, 3.8) is 0 Å². The highest BCUT2D eigenvalue weighted by atomic mass is 19.4. The number of ether oxygens (including phenoxy) is 1. The van der Waals surface area contributed by atoms with E-state index in [9.17, 15) is 31.1 Å². The molecule has 0 spiro atoms. The molecule has 226 valence electrons. The quantitative estimate of drug-likeness (QED) is 0.203. The zero-order chi connectivity index (χ0) is 30.5. The third kappa shape index (κ3) is 7.12. The second-order valence-corrected chi connectivity index (χ2v) is 10.6. The number of hydrogen-bond acceptors (Lipinski definition) is 5. The highest BCUT2D eigenvalue weighted by molar-refractivity contribution is 5.70. The molecular weight excluding hydrogens is 560 g/mol. The number of alkyl halides is 6. The molecule has 1 fully saturated rings. The maximum absolute atomic E-state index is 13.4. The first-order valence-electron chi connectivity index (χ1n) is 13.7. The van der Waals surface area contributed by atoms with Gasteiger partial charge >= 0.3 is 18.3 Å². The third-order valence-electron chi connectivity index (χ3n) is 7.82. The first kappa shape index (κ1) is 31.5. The van der Waals surface area contributed by atoms with Gasteiger partial charge in [0.2, 0.25) is 0 Å². The van der Waals surface area contributed by atoms with Gasteiger partial charge in [-0.1, -0.05) is 48.5 Å². The van der Waals surface area contributed by atoms with E-state index in [0.717, 1.165) is 42.9 Å². The maximum Gasteiger partial charge on any atom is 0.406 e. The standard InChI is InChI=1S/C31H33F6N3O2/c1-3-42-28(41)18-27-21-39(19-23-12-14-38-15-13-23)16-17-40(27)20-22-4-6-24(7-5-22)25-8-10-26(11-9-25)29(2,30(32,33)34)31(35,36)37/h4-15,27H,3,16-21H2,1-2H3/t27-/m0/s1. The number of carbonyl (C=O) groups excluding carboxylic acids is 1. The molecule has 0 aliphatic carbocycles. The summed E-state index contributed by atoms with van der Waals surface area (Å²) in [5.41, 5.74) is -1.56. The van der Waals surface area contributed by atoms with E-state index in [0.29, 0.717) is 30.8 Å². The molecule has 5 nitrogen and oxygen atoms in total. The molecule has 0 unspecified atom stereocenters. The van der Waals surface area contributed by atoms with Gasteiger partial charge in [0.15, 0.2) is 5.41 Å². The second kappa shape index (κ2) is 12.8. The van der Waals surface area contributed by atoms with Crippen LogP contribution in [0.4, 0.5) is 26.3 Å². The summed E-state index contributed by atoms with van der Waals surface area (Å²) in [5, 5.41) is 0. The van der Waals surface area contributed by atoms with Crippen LogP contribution in [-0.2, 0) is 28.0 Å². The Morgan fingerprint density at radius 3 is 1.93 bits per heavy atom. The van der Waals surface area contributed by atoms with Crippen LogP contribution in [0, 0.1) is 0 Å². The van der Waals surface area contributed by atoms with Gasteiger partial charge in [0, 0.05) is 51.2 Å². The van der Waals surface area contributed by atoms with Gasteiger partial charge in [-0.2, -0.15) is 26.3 Å². The SMILES string of the molecule is CCOC(=O)C[C@H]1CN(Cc2ccncc2)CCN1Cc1ccc(-c2ccc(C(C)(C(F)(F)F)C(F)(F)F)cc2)cc1. The Bertz CT molecular complexity index is 1300. The fourth-order valence-electron chi connectivity index (χ4n) is 5.18. The monoisotopic (exact) mass is 593 g/mol. The van der Waals surface area contributed by atoms with Gasteiger partial charge in [-0.05, 0) is 53.8 Å². The predicted molar refractivity (Wildman–Crippen MR) is 146 cm³/mol. The summed E-state index contributed by atoms with van der Waals surface area (Å²) in [7, 11) is 0. The van der Waals surface area contributed by atoms with Crippen LogP contribution in [0.5, 0.6) is 0 Å². The van der Waals surface area contributed by atoms with Crippen molar-refractivity contribution in [2.45, 2.75) is 57.2 Å². The summed E-state index contributed by atoms with van der Waals surface area (Å²) >= 11 is 0. The molecule has 3 aromatic rings. The van der Waals surface area contributed by atoms with Crippen molar-refractivity contribution in [3.8, 4) is 11.1 Å². The zero-order valence-corrected chi connectivity index (χ0v) is 23.4. The lowest BCUT2D eigenvalue weighted by molar-refractivity contribution is -0.297. The molecule has 1 saturated heterocycles. The average molecular weight is 594 g/mol. The van der Waals surface area contributed by atoms with E-state index in [4.69, 9.17) is 4.74 Å². The largest absolute Gasteiger partial charge is 0.466 e. The lowest BCUT2D eigenvalue weighted by atomic mass is 9.80. The van der Waals surface area contributed by atoms with Gasteiger partial charge < -0.3 is 4.74 Å². The Hall–Kier alpha value is -3.44. The van der Waals surface area contributed by atoms with Crippen LogP contribution in [-0.4, -0.2) is 65.4 Å². The number of hydrogen-bond donors (Lipinski definition) is 0. The lowest BCUT2D eigenvalue weighted by Gasteiger charge is -2.41. The van der Waals surface area contributed by atoms with Crippen LogP contribution in [0.3, 0.4) is 0 Å². The number of benzene rings is 2. The Balaban J connectivity index is 1.46. The van der Waals surface area contributed by atoms with Gasteiger partial charge in [0.1, 0.15) is 0 Å². The summed E-state index contributed by atoms with van der Waals surface area (Å²) in [6.07, 6.45) is -7.24. The maximum atomic E-state index is 13.4. The van der Waals surface area contributed by atoms with Crippen LogP contribution < -0.4 is 0 Å². The topological polar surface area (TPSA) is 45.7 Å². The van der Waals surface area contributed by atoms with Gasteiger partial charge in [-0.3, -0.25) is 19.6 Å². The minimum Gasteiger partial charge on any atom is -0.466 e. The van der Waals surface area contributed by atoms with Crippen molar-refractivity contribution >= 4 is 5.97 Å². The molecular formula is C31H33F6N3O2. The molecule has 1 aromatic heterocycles. The molecule has 1 atom stereocenters. The van der Waals surface area contributed by atoms with Gasteiger partial charge in [-0.15, -0.1) is 0 Å². The molecule has 0 saturated carbocycles. The Morgan fingerprint density at radius 1 is 0.833 bits per heavy atom. The first-order chi connectivity index (χ1) is 19.8. The van der Waals surface area contributed by atoms with E-state index < -0.39 is 23.3 Å². The summed E-state index contributed by atoms with van der Waals surface area (Å²) < 4.78 is 85.9. The van der Waals surface area contributed by atoms with Crippen LogP contribution >= 0.6 is 0 Å². The minimum absolute atomic E-state index is 0.0663. The van der Waals surface area contributed by atoms with Crippen molar-refractivity contribution in [1.82, 2.24) is 14.8 Å². The highest BCUT2D eigenvalue weighted by Gasteiger charge is 2.68. The number of piperazine rings is 1. The number of carbonyl (C=O) groups is 1.